The summed E-state index contributed by atoms with van der Waals surface area (Å²) in [4.78, 5) is 30.8. The third-order valence-electron chi connectivity index (χ3n) is 8.10. The van der Waals surface area contributed by atoms with Crippen molar-refractivity contribution in [1.82, 2.24) is 9.80 Å². The number of hydrogen-bond donors (Lipinski definition) is 1. The first-order valence-corrected chi connectivity index (χ1v) is 15.5. The number of unbranched alkanes of at least 4 members (excludes halogenated alkanes) is 1. The van der Waals surface area contributed by atoms with Gasteiger partial charge in [-0.2, -0.15) is 0 Å². The van der Waals surface area contributed by atoms with E-state index in [2.05, 4.69) is 17.9 Å². The fourth-order valence-corrected chi connectivity index (χ4v) is 5.66. The van der Waals surface area contributed by atoms with E-state index in [0.717, 1.165) is 54.9 Å². The molecular formula is C36H42N2O6. The van der Waals surface area contributed by atoms with Crippen molar-refractivity contribution in [1.29, 1.82) is 0 Å². The Bertz CT molecular complexity index is 1440. The number of benzene rings is 3. The lowest BCUT2D eigenvalue weighted by atomic mass is 9.95. The highest BCUT2D eigenvalue weighted by atomic mass is 16.5. The smallest absolute Gasteiger partial charge is 0.295 e. The van der Waals surface area contributed by atoms with Gasteiger partial charge in [0.2, 0.25) is 0 Å². The van der Waals surface area contributed by atoms with Gasteiger partial charge in [-0.25, -0.2) is 0 Å². The number of likely N-dealkylation sites (tertiary alicyclic amines) is 1. The number of aliphatic hydroxyl groups excluding tert-OH is 1. The van der Waals surface area contributed by atoms with Gasteiger partial charge in [-0.3, -0.25) is 14.5 Å². The van der Waals surface area contributed by atoms with Crippen LogP contribution in [0.25, 0.3) is 5.76 Å². The summed E-state index contributed by atoms with van der Waals surface area (Å²) in [7, 11) is 0. The van der Waals surface area contributed by atoms with Crippen LogP contribution >= 0.6 is 0 Å². The molecule has 1 amide bonds. The molecule has 5 rings (SSSR count). The number of Topliss-reactive ketones (excluding diaryl/α,β-unsaturated/α-hetero) is 1. The third-order valence-corrected chi connectivity index (χ3v) is 8.10. The Morgan fingerprint density at radius 1 is 0.909 bits per heavy atom. The van der Waals surface area contributed by atoms with E-state index in [9.17, 15) is 14.7 Å². The first-order valence-electron chi connectivity index (χ1n) is 15.5. The topological polar surface area (TPSA) is 88.5 Å². The molecule has 0 saturated carbocycles. The maximum Gasteiger partial charge on any atom is 0.295 e. The second kappa shape index (κ2) is 15.0. The zero-order chi connectivity index (χ0) is 30.9. The van der Waals surface area contributed by atoms with Crippen molar-refractivity contribution in [2.24, 2.45) is 0 Å². The highest BCUT2D eigenvalue weighted by Crippen LogP contribution is 2.40. The molecule has 2 aliphatic rings. The summed E-state index contributed by atoms with van der Waals surface area (Å²) in [6.45, 7) is 9.50. The average Bonchev–Trinajstić information content (AvgIpc) is 3.30. The minimum absolute atomic E-state index is 0.0921. The Balaban J connectivity index is 1.38. The monoisotopic (exact) mass is 598 g/mol. The van der Waals surface area contributed by atoms with E-state index in [1.165, 1.54) is 0 Å². The second-order valence-electron chi connectivity index (χ2n) is 11.4. The molecule has 8 heteroatoms. The number of amides is 1. The zero-order valence-corrected chi connectivity index (χ0v) is 25.7. The van der Waals surface area contributed by atoms with Gasteiger partial charge in [0.15, 0.2) is 0 Å². The standard InChI is InChI=1S/C36H42N2O6/c1-3-4-21-43-30-13-9-28(10-14-30)33-32(35(40)36(41)38(33)18-6-17-37-19-22-42-23-20-37)34(39)29-11-15-31(16-12-29)44-25-27-8-5-7-26(2)24-27/h5,7-16,24,33,39H,3-4,6,17-23,25H2,1-2H3/b34-32+. The van der Waals surface area contributed by atoms with Gasteiger partial charge < -0.3 is 24.2 Å². The third kappa shape index (κ3) is 7.68. The van der Waals surface area contributed by atoms with Crippen molar-refractivity contribution in [3.63, 3.8) is 0 Å². The van der Waals surface area contributed by atoms with Gasteiger partial charge in [0.05, 0.1) is 31.4 Å². The number of ether oxygens (including phenoxy) is 3. The van der Waals surface area contributed by atoms with Crippen LogP contribution in [0.4, 0.5) is 0 Å². The van der Waals surface area contributed by atoms with Crippen LogP contribution in [0.15, 0.2) is 78.4 Å². The molecule has 1 atom stereocenters. The van der Waals surface area contributed by atoms with Crippen LogP contribution in [0.5, 0.6) is 11.5 Å². The van der Waals surface area contributed by atoms with E-state index >= 15 is 0 Å². The molecule has 8 nitrogen and oxygen atoms in total. The van der Waals surface area contributed by atoms with Crippen LogP contribution < -0.4 is 9.47 Å². The number of aryl methyl sites for hydroxylation is 1. The summed E-state index contributed by atoms with van der Waals surface area (Å²) in [6, 6.07) is 21.9. The van der Waals surface area contributed by atoms with Crippen LogP contribution in [-0.4, -0.2) is 72.6 Å². The number of aliphatic hydroxyl groups is 1. The number of nitrogens with zero attached hydrogens (tertiary/aromatic N) is 2. The summed E-state index contributed by atoms with van der Waals surface area (Å²) in [5, 5.41) is 11.5. The largest absolute Gasteiger partial charge is 0.507 e. The van der Waals surface area contributed by atoms with Crippen molar-refractivity contribution in [3.05, 3.63) is 101 Å². The number of rotatable bonds is 13. The predicted octanol–water partition coefficient (Wildman–Crippen LogP) is 5.90. The quantitative estimate of drug-likeness (QED) is 0.114. The van der Waals surface area contributed by atoms with E-state index < -0.39 is 17.7 Å². The number of carbonyl (C=O) groups is 2. The van der Waals surface area contributed by atoms with Crippen LogP contribution in [0.3, 0.4) is 0 Å². The van der Waals surface area contributed by atoms with Gasteiger partial charge in [0, 0.05) is 31.7 Å². The molecule has 3 aromatic rings. The molecule has 3 aromatic carbocycles. The highest BCUT2D eigenvalue weighted by Gasteiger charge is 2.45. The second-order valence-corrected chi connectivity index (χ2v) is 11.4. The Labute approximate surface area is 259 Å². The maximum absolute atomic E-state index is 13.5. The average molecular weight is 599 g/mol. The molecule has 2 aliphatic heterocycles. The lowest BCUT2D eigenvalue weighted by Gasteiger charge is -2.29. The molecule has 1 N–H and O–H groups in total. The van der Waals surface area contributed by atoms with Crippen LogP contribution in [0.2, 0.25) is 0 Å². The molecule has 232 valence electrons. The van der Waals surface area contributed by atoms with Crippen molar-refractivity contribution >= 4 is 17.4 Å². The minimum atomic E-state index is -0.707. The van der Waals surface area contributed by atoms with E-state index in [4.69, 9.17) is 14.2 Å². The molecule has 2 saturated heterocycles. The Morgan fingerprint density at radius 2 is 1.61 bits per heavy atom. The summed E-state index contributed by atoms with van der Waals surface area (Å²) in [5.74, 6) is -0.103. The molecule has 0 bridgehead atoms. The first-order chi connectivity index (χ1) is 21.4. The summed E-state index contributed by atoms with van der Waals surface area (Å²) < 4.78 is 17.2. The summed E-state index contributed by atoms with van der Waals surface area (Å²) >= 11 is 0. The Kier molecular flexibility index (Phi) is 10.7. The number of morpholine rings is 1. The predicted molar refractivity (Wildman–Crippen MR) is 170 cm³/mol. The van der Waals surface area contributed by atoms with Crippen molar-refractivity contribution < 1.29 is 28.9 Å². The Morgan fingerprint density at radius 3 is 2.32 bits per heavy atom. The van der Waals surface area contributed by atoms with Crippen LogP contribution in [-0.2, 0) is 20.9 Å². The van der Waals surface area contributed by atoms with E-state index in [1.807, 2.05) is 49.4 Å². The number of hydrogen-bond acceptors (Lipinski definition) is 7. The molecule has 2 heterocycles. The van der Waals surface area contributed by atoms with Crippen LogP contribution in [0.1, 0.15) is 54.5 Å². The normalized spacial score (nSPS) is 18.5. The van der Waals surface area contributed by atoms with Gasteiger partial charge >= 0.3 is 0 Å². The molecule has 2 fully saturated rings. The van der Waals surface area contributed by atoms with Crippen molar-refractivity contribution in [2.45, 2.75) is 45.8 Å². The molecule has 0 aliphatic carbocycles. The van der Waals surface area contributed by atoms with E-state index in [-0.39, 0.29) is 11.3 Å². The Hall–Kier alpha value is -4.14. The summed E-state index contributed by atoms with van der Waals surface area (Å²) in [6.07, 6.45) is 2.70. The molecule has 0 radical (unpaired) electrons. The SMILES string of the molecule is CCCCOc1ccc(C2/C(=C(\O)c3ccc(OCc4cccc(C)c4)cc3)C(=O)C(=O)N2CCCN2CCOCC2)cc1. The van der Waals surface area contributed by atoms with Gasteiger partial charge in [-0.15, -0.1) is 0 Å². The minimum Gasteiger partial charge on any atom is -0.507 e. The van der Waals surface area contributed by atoms with Gasteiger partial charge in [0.1, 0.15) is 23.9 Å². The van der Waals surface area contributed by atoms with Crippen molar-refractivity contribution in [3.8, 4) is 11.5 Å². The van der Waals surface area contributed by atoms with Crippen LogP contribution in [0, 0.1) is 6.92 Å². The van der Waals surface area contributed by atoms with E-state index in [0.29, 0.717) is 50.7 Å². The highest BCUT2D eigenvalue weighted by molar-refractivity contribution is 6.46. The number of carbonyl (C=O) groups excluding carboxylic acids is 2. The lowest BCUT2D eigenvalue weighted by Crippen LogP contribution is -2.38. The van der Waals surface area contributed by atoms with E-state index in [1.54, 1.807) is 29.2 Å². The van der Waals surface area contributed by atoms with Crippen molar-refractivity contribution in [2.75, 3.05) is 46.0 Å². The lowest BCUT2D eigenvalue weighted by molar-refractivity contribution is -0.140. The van der Waals surface area contributed by atoms with Gasteiger partial charge in [0.25, 0.3) is 11.7 Å². The fraction of sp³-hybridized carbons (Fsp3) is 0.389. The number of ketones is 1. The van der Waals surface area contributed by atoms with Gasteiger partial charge in [-0.1, -0.05) is 55.3 Å². The zero-order valence-electron chi connectivity index (χ0n) is 25.7. The molecule has 44 heavy (non-hydrogen) atoms. The molecule has 1 unspecified atom stereocenters. The maximum atomic E-state index is 13.5. The fourth-order valence-electron chi connectivity index (χ4n) is 5.66. The molecule has 0 aromatic heterocycles. The summed E-state index contributed by atoms with van der Waals surface area (Å²) in [5.41, 5.74) is 3.51. The molecule has 0 spiro atoms. The van der Waals surface area contributed by atoms with Gasteiger partial charge in [-0.05, 0) is 67.3 Å². The molecular weight excluding hydrogens is 556 g/mol. The first kappa shape index (κ1) is 31.3.